The fourth-order valence-corrected chi connectivity index (χ4v) is 3.48. The maximum Gasteiger partial charge on any atom is 0.305 e. The van der Waals surface area contributed by atoms with E-state index in [4.69, 9.17) is 0 Å². The van der Waals surface area contributed by atoms with E-state index in [9.17, 15) is 14.8 Å². The second kappa shape index (κ2) is 8.26. The molecule has 6 nitrogen and oxygen atoms in total. The number of amides is 1. The second-order valence-corrected chi connectivity index (χ2v) is 6.93. The first kappa shape index (κ1) is 19.0. The number of nitrogens with zero attached hydrogens (tertiary/aromatic N) is 2. The molecule has 3 rings (SSSR count). The first-order valence-corrected chi connectivity index (χ1v) is 9.71. The molecule has 0 radical (unpaired) electrons. The van der Waals surface area contributed by atoms with E-state index in [1.54, 1.807) is 22.7 Å². The highest BCUT2D eigenvalue weighted by molar-refractivity contribution is 7.98. The molecule has 0 aliphatic carbocycles. The Kier molecular flexibility index (Phi) is 5.81. The molecular weight excluding hydrogens is 364 g/mol. The number of ether oxygens (including phenoxy) is 1. The summed E-state index contributed by atoms with van der Waals surface area (Å²) >= 11 is 1.68. The van der Waals surface area contributed by atoms with Crippen LogP contribution in [0.2, 0.25) is 0 Å². The second-order valence-electron chi connectivity index (χ2n) is 6.05. The Morgan fingerprint density at radius 1 is 1.19 bits per heavy atom. The Labute approximate surface area is 161 Å². The van der Waals surface area contributed by atoms with E-state index in [2.05, 4.69) is 9.89 Å². The predicted octanol–water partition coefficient (Wildman–Crippen LogP) is 3.55. The highest BCUT2D eigenvalue weighted by Gasteiger charge is 2.34. The third kappa shape index (κ3) is 3.83. The normalized spacial score (nSPS) is 14.5. The van der Waals surface area contributed by atoms with E-state index in [0.29, 0.717) is 24.2 Å². The summed E-state index contributed by atoms with van der Waals surface area (Å²) in [6, 6.07) is 13.8. The monoisotopic (exact) mass is 384 g/mol. The van der Waals surface area contributed by atoms with Crippen LogP contribution in [0, 0.1) is 0 Å². The summed E-state index contributed by atoms with van der Waals surface area (Å²) in [5.41, 5.74) is 3.29. The fourth-order valence-electron chi connectivity index (χ4n) is 3.07. The summed E-state index contributed by atoms with van der Waals surface area (Å²) in [5.74, 6) is -0.687. The van der Waals surface area contributed by atoms with Crippen molar-refractivity contribution in [2.24, 2.45) is 5.16 Å². The molecule has 0 bridgehead atoms. The molecule has 1 N–H and O–H groups in total. The number of hydrogen-bond acceptors (Lipinski definition) is 6. The van der Waals surface area contributed by atoms with E-state index in [-0.39, 0.29) is 24.0 Å². The van der Waals surface area contributed by atoms with Gasteiger partial charge >= 0.3 is 5.97 Å². The average Bonchev–Trinajstić information content (AvgIpc) is 2.98. The molecule has 0 fully saturated rings. The molecule has 0 saturated heterocycles. The van der Waals surface area contributed by atoms with Gasteiger partial charge in [0.05, 0.1) is 12.8 Å². The summed E-state index contributed by atoms with van der Waals surface area (Å²) in [6.45, 7) is 0.342. The Hall–Kier alpha value is -2.80. The van der Waals surface area contributed by atoms with Gasteiger partial charge in [-0.1, -0.05) is 23.4 Å². The highest BCUT2D eigenvalue weighted by Crippen LogP contribution is 2.34. The van der Waals surface area contributed by atoms with Gasteiger partial charge in [0.2, 0.25) is 0 Å². The van der Waals surface area contributed by atoms with Crippen molar-refractivity contribution in [1.29, 1.82) is 0 Å². The minimum Gasteiger partial charge on any atom is -0.469 e. The standard InChI is InChI=1S/C20H20N2O4S/c1-26-18(23)4-3-11-22-17-12-14(13-5-8-15(27-2)9-6-13)7-10-16(17)19(21-25)20(22)24/h5-10,12,25H,3-4,11H2,1-2H3/b21-19+. The quantitative estimate of drug-likeness (QED) is 0.357. The lowest BCUT2D eigenvalue weighted by atomic mass is 10.0. The van der Waals surface area contributed by atoms with Crippen LogP contribution in [0.15, 0.2) is 52.5 Å². The Morgan fingerprint density at radius 3 is 2.52 bits per heavy atom. The molecule has 1 aliphatic heterocycles. The number of oxime groups is 1. The van der Waals surface area contributed by atoms with Crippen LogP contribution < -0.4 is 4.90 Å². The minimum atomic E-state index is -0.368. The number of anilines is 1. The molecule has 27 heavy (non-hydrogen) atoms. The molecule has 0 aromatic heterocycles. The van der Waals surface area contributed by atoms with Crippen LogP contribution in [0.4, 0.5) is 5.69 Å². The van der Waals surface area contributed by atoms with Crippen molar-refractivity contribution in [3.8, 4) is 11.1 Å². The number of fused-ring (bicyclic) bond motifs is 1. The van der Waals surface area contributed by atoms with Gasteiger partial charge in [-0.2, -0.15) is 0 Å². The highest BCUT2D eigenvalue weighted by atomic mass is 32.2. The lowest BCUT2D eigenvalue weighted by Crippen LogP contribution is -2.31. The molecule has 7 heteroatoms. The fraction of sp³-hybridized carbons (Fsp3) is 0.250. The third-order valence-electron chi connectivity index (χ3n) is 4.51. The number of methoxy groups -OCH3 is 1. The van der Waals surface area contributed by atoms with Gasteiger partial charge in [0.25, 0.3) is 5.91 Å². The van der Waals surface area contributed by atoms with Crippen LogP contribution in [-0.4, -0.2) is 42.7 Å². The van der Waals surface area contributed by atoms with Crippen molar-refractivity contribution < 1.29 is 19.5 Å². The maximum atomic E-state index is 12.6. The molecule has 1 amide bonds. The molecule has 0 saturated carbocycles. The van der Waals surface area contributed by atoms with Crippen molar-refractivity contribution in [1.82, 2.24) is 0 Å². The van der Waals surface area contributed by atoms with Crippen molar-refractivity contribution >= 4 is 35.0 Å². The predicted molar refractivity (Wildman–Crippen MR) is 106 cm³/mol. The van der Waals surface area contributed by atoms with Gasteiger partial charge in [0.15, 0.2) is 5.71 Å². The SMILES string of the molecule is COC(=O)CCCN1C(=O)/C(=N/O)c2ccc(-c3ccc(SC)cc3)cc21. The average molecular weight is 384 g/mol. The molecule has 0 atom stereocenters. The zero-order valence-corrected chi connectivity index (χ0v) is 16.0. The van der Waals surface area contributed by atoms with Gasteiger partial charge in [0, 0.05) is 23.4 Å². The maximum absolute atomic E-state index is 12.6. The number of rotatable bonds is 6. The molecule has 1 heterocycles. The van der Waals surface area contributed by atoms with E-state index in [1.165, 1.54) is 12.0 Å². The smallest absolute Gasteiger partial charge is 0.305 e. The summed E-state index contributed by atoms with van der Waals surface area (Å²) in [6.07, 6.45) is 2.71. The first-order valence-electron chi connectivity index (χ1n) is 8.48. The van der Waals surface area contributed by atoms with Crippen LogP contribution in [0.5, 0.6) is 0 Å². The van der Waals surface area contributed by atoms with E-state index in [1.807, 2.05) is 42.7 Å². The summed E-state index contributed by atoms with van der Waals surface area (Å²) in [7, 11) is 1.34. The Balaban J connectivity index is 1.91. The van der Waals surface area contributed by atoms with Crippen LogP contribution in [0.25, 0.3) is 11.1 Å². The number of esters is 1. The van der Waals surface area contributed by atoms with Gasteiger partial charge in [-0.15, -0.1) is 11.8 Å². The lowest BCUT2D eigenvalue weighted by molar-refractivity contribution is -0.140. The van der Waals surface area contributed by atoms with Gasteiger partial charge in [0.1, 0.15) is 0 Å². The number of carbonyl (C=O) groups excluding carboxylic acids is 2. The summed E-state index contributed by atoms with van der Waals surface area (Å²) in [5, 5.41) is 12.4. The molecule has 0 unspecified atom stereocenters. The topological polar surface area (TPSA) is 79.2 Å². The summed E-state index contributed by atoms with van der Waals surface area (Å²) < 4.78 is 4.64. The zero-order chi connectivity index (χ0) is 19.4. The molecule has 2 aromatic rings. The lowest BCUT2D eigenvalue weighted by Gasteiger charge is -2.17. The van der Waals surface area contributed by atoms with E-state index >= 15 is 0 Å². The van der Waals surface area contributed by atoms with Crippen molar-refractivity contribution in [3.05, 3.63) is 48.0 Å². The molecule has 0 spiro atoms. The third-order valence-corrected chi connectivity index (χ3v) is 5.25. The van der Waals surface area contributed by atoms with Crippen molar-refractivity contribution in [3.63, 3.8) is 0 Å². The Morgan fingerprint density at radius 2 is 1.89 bits per heavy atom. The number of carbonyl (C=O) groups is 2. The van der Waals surface area contributed by atoms with Crippen LogP contribution >= 0.6 is 11.8 Å². The molecular formula is C20H20N2O4S. The zero-order valence-electron chi connectivity index (χ0n) is 15.1. The Bertz CT molecular complexity index is 893. The first-order chi connectivity index (χ1) is 13.1. The summed E-state index contributed by atoms with van der Waals surface area (Å²) in [4.78, 5) is 26.6. The number of hydrogen-bond donors (Lipinski definition) is 1. The van der Waals surface area contributed by atoms with Crippen molar-refractivity contribution in [2.45, 2.75) is 17.7 Å². The number of thioether (sulfide) groups is 1. The molecule has 1 aliphatic rings. The van der Waals surface area contributed by atoms with Crippen LogP contribution in [0.3, 0.4) is 0 Å². The minimum absolute atomic E-state index is 0.0207. The van der Waals surface area contributed by atoms with Crippen LogP contribution in [-0.2, 0) is 14.3 Å². The largest absolute Gasteiger partial charge is 0.469 e. The number of benzene rings is 2. The molecule has 2 aromatic carbocycles. The van der Waals surface area contributed by atoms with Gasteiger partial charge in [-0.05, 0) is 48.1 Å². The van der Waals surface area contributed by atoms with E-state index < -0.39 is 0 Å². The molecule has 140 valence electrons. The van der Waals surface area contributed by atoms with Gasteiger partial charge in [-0.25, -0.2) is 0 Å². The van der Waals surface area contributed by atoms with Crippen molar-refractivity contribution in [2.75, 3.05) is 24.8 Å². The van der Waals surface area contributed by atoms with E-state index in [0.717, 1.165) is 11.1 Å². The van der Waals surface area contributed by atoms with Gasteiger partial charge < -0.3 is 14.8 Å². The van der Waals surface area contributed by atoms with Crippen LogP contribution in [0.1, 0.15) is 18.4 Å². The van der Waals surface area contributed by atoms with Gasteiger partial charge in [-0.3, -0.25) is 9.59 Å².